The minimum absolute atomic E-state index is 0.653. The molecule has 3 rings (SSSR count). The number of anilines is 1. The maximum Gasteiger partial charge on any atom is 0.0378 e. The Bertz CT molecular complexity index is 615. The molecule has 1 N–H and O–H groups in total. The van der Waals surface area contributed by atoms with Gasteiger partial charge in [-0.25, -0.2) is 0 Å². The van der Waals surface area contributed by atoms with Crippen LogP contribution in [0.15, 0.2) is 42.5 Å². The van der Waals surface area contributed by atoms with Gasteiger partial charge in [0.2, 0.25) is 0 Å². The molecular formula is C20H25N. The van der Waals surface area contributed by atoms with Gasteiger partial charge >= 0.3 is 0 Å². The first-order chi connectivity index (χ1) is 10.3. The number of rotatable bonds is 4. The van der Waals surface area contributed by atoms with Gasteiger partial charge in [0, 0.05) is 12.2 Å². The summed E-state index contributed by atoms with van der Waals surface area (Å²) < 4.78 is 0. The Labute approximate surface area is 128 Å². The van der Waals surface area contributed by atoms with Gasteiger partial charge in [-0.3, -0.25) is 0 Å². The van der Waals surface area contributed by atoms with Crippen molar-refractivity contribution in [1.82, 2.24) is 0 Å². The van der Waals surface area contributed by atoms with Crippen molar-refractivity contribution in [3.8, 4) is 0 Å². The number of benzene rings is 2. The van der Waals surface area contributed by atoms with Gasteiger partial charge in [0.05, 0.1) is 0 Å². The van der Waals surface area contributed by atoms with Crippen LogP contribution in [-0.4, -0.2) is 6.54 Å². The van der Waals surface area contributed by atoms with Crippen molar-refractivity contribution in [2.45, 2.75) is 45.4 Å². The van der Waals surface area contributed by atoms with Gasteiger partial charge in [-0.2, -0.15) is 0 Å². The van der Waals surface area contributed by atoms with Gasteiger partial charge in [-0.15, -0.1) is 0 Å². The maximum absolute atomic E-state index is 3.57. The third kappa shape index (κ3) is 2.97. The number of aryl methyl sites for hydroxylation is 2. The monoisotopic (exact) mass is 279 g/mol. The molecule has 1 atom stereocenters. The first-order valence-electron chi connectivity index (χ1n) is 8.25. The van der Waals surface area contributed by atoms with Crippen LogP contribution in [0.1, 0.15) is 48.4 Å². The molecule has 2 aromatic rings. The van der Waals surface area contributed by atoms with E-state index < -0.39 is 0 Å². The fourth-order valence-electron chi connectivity index (χ4n) is 3.49. The summed E-state index contributed by atoms with van der Waals surface area (Å²) in [5.41, 5.74) is 7.36. The molecule has 1 nitrogen and oxygen atoms in total. The highest BCUT2D eigenvalue weighted by atomic mass is 14.9. The van der Waals surface area contributed by atoms with E-state index in [4.69, 9.17) is 0 Å². The fraction of sp³-hybridized carbons (Fsp3) is 0.400. The lowest BCUT2D eigenvalue weighted by atomic mass is 9.79. The zero-order valence-electron chi connectivity index (χ0n) is 13.2. The minimum Gasteiger partial charge on any atom is -0.385 e. The fourth-order valence-corrected chi connectivity index (χ4v) is 3.49. The SMILES string of the molecule is CCNc1cc(CC)ccc1C1CCc2ccccc2C1. The second-order valence-corrected chi connectivity index (χ2v) is 6.01. The van der Waals surface area contributed by atoms with Gasteiger partial charge in [-0.05, 0) is 66.8 Å². The Balaban J connectivity index is 1.90. The number of hydrogen-bond donors (Lipinski definition) is 1. The van der Waals surface area contributed by atoms with E-state index in [1.165, 1.54) is 41.6 Å². The zero-order valence-corrected chi connectivity index (χ0v) is 13.2. The second kappa shape index (κ2) is 6.34. The van der Waals surface area contributed by atoms with Crippen molar-refractivity contribution in [2.75, 3.05) is 11.9 Å². The quantitative estimate of drug-likeness (QED) is 0.834. The van der Waals surface area contributed by atoms with Gasteiger partial charge in [0.15, 0.2) is 0 Å². The van der Waals surface area contributed by atoms with Crippen LogP contribution in [-0.2, 0) is 19.3 Å². The molecule has 0 fully saturated rings. The number of nitrogens with one attached hydrogen (secondary N) is 1. The predicted octanol–water partition coefficient (Wildman–Crippen LogP) is 4.95. The van der Waals surface area contributed by atoms with E-state index in [1.807, 2.05) is 0 Å². The summed E-state index contributed by atoms with van der Waals surface area (Å²) in [6.07, 6.45) is 4.76. The highest BCUT2D eigenvalue weighted by Crippen LogP contribution is 2.36. The molecule has 0 aromatic heterocycles. The number of hydrogen-bond acceptors (Lipinski definition) is 1. The molecule has 1 unspecified atom stereocenters. The van der Waals surface area contributed by atoms with Crippen molar-refractivity contribution in [3.63, 3.8) is 0 Å². The molecule has 110 valence electrons. The molecule has 21 heavy (non-hydrogen) atoms. The van der Waals surface area contributed by atoms with Crippen molar-refractivity contribution in [3.05, 3.63) is 64.7 Å². The molecule has 0 spiro atoms. The summed E-state index contributed by atoms with van der Waals surface area (Å²) in [5.74, 6) is 0.653. The Hall–Kier alpha value is -1.76. The lowest BCUT2D eigenvalue weighted by Gasteiger charge is -2.27. The van der Waals surface area contributed by atoms with Gasteiger partial charge in [-0.1, -0.05) is 43.3 Å². The van der Waals surface area contributed by atoms with Crippen LogP contribution < -0.4 is 5.32 Å². The van der Waals surface area contributed by atoms with Crippen molar-refractivity contribution in [1.29, 1.82) is 0 Å². The molecule has 0 saturated heterocycles. The third-order valence-corrected chi connectivity index (χ3v) is 4.68. The van der Waals surface area contributed by atoms with Crippen LogP contribution in [0.2, 0.25) is 0 Å². The van der Waals surface area contributed by atoms with Gasteiger partial charge < -0.3 is 5.32 Å². The molecule has 1 aliphatic carbocycles. The molecule has 1 heteroatoms. The third-order valence-electron chi connectivity index (χ3n) is 4.68. The van der Waals surface area contributed by atoms with Crippen LogP contribution in [0.25, 0.3) is 0 Å². The molecule has 1 aliphatic rings. The van der Waals surface area contributed by atoms with Crippen LogP contribution in [0.4, 0.5) is 5.69 Å². The Morgan fingerprint density at radius 2 is 1.86 bits per heavy atom. The lowest BCUT2D eigenvalue weighted by Crippen LogP contribution is -2.14. The summed E-state index contributed by atoms with van der Waals surface area (Å²) in [5, 5.41) is 3.57. The summed E-state index contributed by atoms with van der Waals surface area (Å²) >= 11 is 0. The normalized spacial score (nSPS) is 17.3. The topological polar surface area (TPSA) is 12.0 Å². The van der Waals surface area contributed by atoms with Crippen LogP contribution in [0.5, 0.6) is 0 Å². The van der Waals surface area contributed by atoms with E-state index in [9.17, 15) is 0 Å². The maximum atomic E-state index is 3.57. The van der Waals surface area contributed by atoms with E-state index >= 15 is 0 Å². The van der Waals surface area contributed by atoms with E-state index in [1.54, 1.807) is 5.56 Å². The van der Waals surface area contributed by atoms with E-state index in [-0.39, 0.29) is 0 Å². The summed E-state index contributed by atoms with van der Waals surface area (Å²) in [6.45, 7) is 5.39. The molecule has 0 radical (unpaired) electrons. The average molecular weight is 279 g/mol. The number of fused-ring (bicyclic) bond motifs is 1. The van der Waals surface area contributed by atoms with Gasteiger partial charge in [0.25, 0.3) is 0 Å². The van der Waals surface area contributed by atoms with Crippen LogP contribution in [0.3, 0.4) is 0 Å². The summed E-state index contributed by atoms with van der Waals surface area (Å²) in [4.78, 5) is 0. The smallest absolute Gasteiger partial charge is 0.0378 e. The molecular weight excluding hydrogens is 254 g/mol. The van der Waals surface area contributed by atoms with Gasteiger partial charge in [0.1, 0.15) is 0 Å². The Morgan fingerprint density at radius 3 is 2.62 bits per heavy atom. The second-order valence-electron chi connectivity index (χ2n) is 6.01. The first-order valence-corrected chi connectivity index (χ1v) is 8.25. The van der Waals surface area contributed by atoms with Crippen LogP contribution >= 0.6 is 0 Å². The minimum atomic E-state index is 0.653. The molecule has 0 heterocycles. The predicted molar refractivity (Wildman–Crippen MR) is 91.2 cm³/mol. The van der Waals surface area contributed by atoms with E-state index in [0.29, 0.717) is 5.92 Å². The van der Waals surface area contributed by atoms with Crippen molar-refractivity contribution >= 4 is 5.69 Å². The Morgan fingerprint density at radius 1 is 1.05 bits per heavy atom. The summed E-state index contributed by atoms with van der Waals surface area (Å²) in [6, 6.07) is 15.9. The van der Waals surface area contributed by atoms with E-state index in [2.05, 4.69) is 61.6 Å². The molecule has 0 aliphatic heterocycles. The summed E-state index contributed by atoms with van der Waals surface area (Å²) in [7, 11) is 0. The molecule has 2 aromatic carbocycles. The van der Waals surface area contributed by atoms with Crippen molar-refractivity contribution < 1.29 is 0 Å². The molecule has 0 saturated carbocycles. The highest BCUT2D eigenvalue weighted by Gasteiger charge is 2.21. The first kappa shape index (κ1) is 14.2. The Kier molecular flexibility index (Phi) is 4.28. The largest absolute Gasteiger partial charge is 0.385 e. The average Bonchev–Trinajstić information content (AvgIpc) is 2.54. The molecule has 0 bridgehead atoms. The zero-order chi connectivity index (χ0) is 14.7. The molecule has 0 amide bonds. The van der Waals surface area contributed by atoms with Crippen LogP contribution in [0, 0.1) is 0 Å². The standard InChI is InChI=1S/C20H25N/c1-3-15-9-12-19(20(13-15)21-4-2)18-11-10-16-7-5-6-8-17(16)14-18/h5-9,12-13,18,21H,3-4,10-11,14H2,1-2H3. The van der Waals surface area contributed by atoms with E-state index in [0.717, 1.165) is 13.0 Å². The lowest BCUT2D eigenvalue weighted by molar-refractivity contribution is 0.586. The highest BCUT2D eigenvalue weighted by molar-refractivity contribution is 5.56. The van der Waals surface area contributed by atoms with Crippen molar-refractivity contribution in [2.24, 2.45) is 0 Å².